The molecule has 0 atom stereocenters. The highest BCUT2D eigenvalue weighted by molar-refractivity contribution is 7.18. The Labute approximate surface area is 183 Å². The summed E-state index contributed by atoms with van der Waals surface area (Å²) in [5, 5.41) is 3.54. The van der Waals surface area contributed by atoms with E-state index in [0.29, 0.717) is 11.6 Å². The molecule has 162 valence electrons. The van der Waals surface area contributed by atoms with Crippen LogP contribution in [0.2, 0.25) is 0 Å². The minimum absolute atomic E-state index is 0.146. The van der Waals surface area contributed by atoms with E-state index in [0.717, 1.165) is 29.5 Å². The molecule has 0 fully saturated rings. The molecule has 0 unspecified atom stereocenters. The lowest BCUT2D eigenvalue weighted by molar-refractivity contribution is -0.135. The van der Waals surface area contributed by atoms with Gasteiger partial charge in [-0.3, -0.25) is 9.59 Å². The molecular weight excluding hydrogens is 419 g/mol. The second kappa shape index (κ2) is 9.38. The largest absolute Gasteiger partial charge is 0.467 e. The highest BCUT2D eigenvalue weighted by Gasteiger charge is 2.21. The Balaban J connectivity index is 1.38. The van der Waals surface area contributed by atoms with Gasteiger partial charge in [-0.1, -0.05) is 6.42 Å². The Kier molecular flexibility index (Phi) is 6.41. The number of hydrogen-bond acceptors (Lipinski definition) is 6. The van der Waals surface area contributed by atoms with E-state index in [1.165, 1.54) is 65.8 Å². The molecule has 1 aliphatic carbocycles. The summed E-state index contributed by atoms with van der Waals surface area (Å²) in [6, 6.07) is 5.43. The van der Waals surface area contributed by atoms with Crippen molar-refractivity contribution in [1.82, 2.24) is 14.9 Å². The number of fused-ring (bicyclic) bond motifs is 3. The zero-order chi connectivity index (χ0) is 21.8. The molecule has 1 aromatic carbocycles. The molecule has 0 bridgehead atoms. The number of aryl methyl sites for hydroxylation is 2. The van der Waals surface area contributed by atoms with Crippen LogP contribution in [0.1, 0.15) is 29.7 Å². The van der Waals surface area contributed by atoms with Crippen molar-refractivity contribution in [2.24, 2.45) is 0 Å². The van der Waals surface area contributed by atoms with Crippen LogP contribution < -0.4 is 10.1 Å². The number of likely N-dealkylation sites (N-methyl/N-ethyl adjacent to an activating group) is 1. The van der Waals surface area contributed by atoms with Gasteiger partial charge in [-0.25, -0.2) is 14.4 Å². The van der Waals surface area contributed by atoms with Gasteiger partial charge in [-0.05, 0) is 55.5 Å². The van der Waals surface area contributed by atoms with E-state index >= 15 is 0 Å². The normalized spacial score (nSPS) is 13.4. The predicted octanol–water partition coefficient (Wildman–Crippen LogP) is 3.58. The number of amides is 2. The van der Waals surface area contributed by atoms with Gasteiger partial charge in [0.25, 0.3) is 5.91 Å². The Morgan fingerprint density at radius 1 is 1.16 bits per heavy atom. The van der Waals surface area contributed by atoms with Gasteiger partial charge in [0, 0.05) is 17.6 Å². The van der Waals surface area contributed by atoms with Gasteiger partial charge in [-0.15, -0.1) is 11.3 Å². The first-order chi connectivity index (χ1) is 15.0. The molecule has 0 saturated heterocycles. The smallest absolute Gasteiger partial charge is 0.260 e. The summed E-state index contributed by atoms with van der Waals surface area (Å²) in [5.74, 6) is -0.692. The standard InChI is InChI=1S/C22H23FN4O3S/c1-27(11-18(28)26-15-9-7-14(23)8-10-15)19(29)12-30-21-20-16-5-3-2-4-6-17(16)31-22(20)25-13-24-21/h7-10,13H,2-6,11-12H2,1H3,(H,26,28). The third-order valence-electron chi connectivity index (χ3n) is 5.23. The quantitative estimate of drug-likeness (QED) is 0.590. The summed E-state index contributed by atoms with van der Waals surface area (Å²) in [6.07, 6.45) is 6.97. The van der Waals surface area contributed by atoms with E-state index in [4.69, 9.17) is 4.74 Å². The molecule has 0 aliphatic heterocycles. The number of nitrogens with zero attached hydrogens (tertiary/aromatic N) is 3. The Bertz CT molecular complexity index is 1100. The number of aromatic nitrogens is 2. The summed E-state index contributed by atoms with van der Waals surface area (Å²) in [6.45, 7) is -0.371. The van der Waals surface area contributed by atoms with Gasteiger partial charge in [0.05, 0.1) is 11.9 Å². The number of carbonyl (C=O) groups excluding carboxylic acids is 2. The molecule has 3 aromatic rings. The number of carbonyl (C=O) groups is 2. The monoisotopic (exact) mass is 442 g/mol. The van der Waals surface area contributed by atoms with Crippen molar-refractivity contribution in [2.45, 2.75) is 32.1 Å². The number of halogens is 1. The second-order valence-corrected chi connectivity index (χ2v) is 8.60. The van der Waals surface area contributed by atoms with Crippen LogP contribution in [0, 0.1) is 5.82 Å². The Morgan fingerprint density at radius 2 is 1.94 bits per heavy atom. The van der Waals surface area contributed by atoms with Crippen LogP contribution in [0.25, 0.3) is 10.2 Å². The van der Waals surface area contributed by atoms with E-state index in [-0.39, 0.29) is 30.8 Å². The summed E-state index contributed by atoms with van der Waals surface area (Å²) in [4.78, 5) is 36.8. The molecule has 2 aromatic heterocycles. The highest BCUT2D eigenvalue weighted by Crippen LogP contribution is 2.38. The van der Waals surface area contributed by atoms with E-state index < -0.39 is 0 Å². The van der Waals surface area contributed by atoms with Crippen molar-refractivity contribution in [1.29, 1.82) is 0 Å². The van der Waals surface area contributed by atoms with Crippen LogP contribution in [0.3, 0.4) is 0 Å². The van der Waals surface area contributed by atoms with Crippen LogP contribution in [0.4, 0.5) is 10.1 Å². The van der Waals surface area contributed by atoms with Crippen molar-refractivity contribution in [2.75, 3.05) is 25.5 Å². The van der Waals surface area contributed by atoms with Gasteiger partial charge >= 0.3 is 0 Å². The maximum Gasteiger partial charge on any atom is 0.260 e. The molecule has 1 aliphatic rings. The highest BCUT2D eigenvalue weighted by atomic mass is 32.1. The van der Waals surface area contributed by atoms with Gasteiger partial charge in [0.15, 0.2) is 6.61 Å². The average Bonchev–Trinajstić information content (AvgIpc) is 2.95. The number of anilines is 1. The third kappa shape index (κ3) is 4.99. The van der Waals surface area contributed by atoms with E-state index in [1.807, 2.05) is 0 Å². The number of nitrogens with one attached hydrogen (secondary N) is 1. The SMILES string of the molecule is CN(CC(=O)Nc1ccc(F)cc1)C(=O)COc1ncnc2sc3c(c12)CCCCC3. The molecule has 7 nitrogen and oxygen atoms in total. The molecule has 31 heavy (non-hydrogen) atoms. The first kappa shape index (κ1) is 21.2. The van der Waals surface area contributed by atoms with Crippen LogP contribution in [-0.4, -0.2) is 46.9 Å². The molecule has 0 spiro atoms. The summed E-state index contributed by atoms with van der Waals surface area (Å²) in [7, 11) is 1.53. The fourth-order valence-electron chi connectivity index (χ4n) is 3.63. The van der Waals surface area contributed by atoms with Crippen molar-refractivity contribution in [3.05, 3.63) is 46.9 Å². The van der Waals surface area contributed by atoms with Gasteiger partial charge in [0.1, 0.15) is 17.0 Å². The third-order valence-corrected chi connectivity index (χ3v) is 6.43. The van der Waals surface area contributed by atoms with E-state index in [1.54, 1.807) is 11.3 Å². The lowest BCUT2D eigenvalue weighted by Gasteiger charge is -2.17. The van der Waals surface area contributed by atoms with Gasteiger partial charge in [0.2, 0.25) is 11.8 Å². The second-order valence-electron chi connectivity index (χ2n) is 7.52. The fourth-order valence-corrected chi connectivity index (χ4v) is 4.84. The topological polar surface area (TPSA) is 84.4 Å². The van der Waals surface area contributed by atoms with E-state index in [2.05, 4.69) is 15.3 Å². The maximum atomic E-state index is 13.0. The maximum absolute atomic E-state index is 13.0. The number of ether oxygens (including phenoxy) is 1. The molecule has 1 N–H and O–H groups in total. The van der Waals surface area contributed by atoms with Crippen molar-refractivity contribution in [3.8, 4) is 5.88 Å². The molecule has 9 heteroatoms. The first-order valence-electron chi connectivity index (χ1n) is 10.2. The molecule has 0 radical (unpaired) electrons. The zero-order valence-corrected chi connectivity index (χ0v) is 18.0. The van der Waals surface area contributed by atoms with Gasteiger partial charge in [-0.2, -0.15) is 0 Å². The molecule has 4 rings (SSSR count). The predicted molar refractivity (Wildman–Crippen MR) is 117 cm³/mol. The number of rotatable bonds is 6. The molecule has 0 saturated carbocycles. The molecular formula is C22H23FN4O3S. The minimum Gasteiger partial charge on any atom is -0.467 e. The van der Waals surface area contributed by atoms with Crippen LogP contribution in [0.5, 0.6) is 5.88 Å². The minimum atomic E-state index is -0.385. The summed E-state index contributed by atoms with van der Waals surface area (Å²) in [5.41, 5.74) is 1.71. The van der Waals surface area contributed by atoms with Crippen LogP contribution in [0.15, 0.2) is 30.6 Å². The lowest BCUT2D eigenvalue weighted by atomic mass is 10.1. The number of hydrogen-bond donors (Lipinski definition) is 1. The Morgan fingerprint density at radius 3 is 2.74 bits per heavy atom. The van der Waals surface area contributed by atoms with Crippen LogP contribution in [-0.2, 0) is 22.4 Å². The Hall–Kier alpha value is -3.07. The molecule has 2 amide bonds. The van der Waals surface area contributed by atoms with Crippen molar-refractivity contribution < 1.29 is 18.7 Å². The number of benzene rings is 1. The zero-order valence-electron chi connectivity index (χ0n) is 17.2. The molecule has 2 heterocycles. The summed E-state index contributed by atoms with van der Waals surface area (Å²) < 4.78 is 18.7. The number of thiophene rings is 1. The first-order valence-corrected chi connectivity index (χ1v) is 11.0. The van der Waals surface area contributed by atoms with Crippen molar-refractivity contribution >= 4 is 39.1 Å². The van der Waals surface area contributed by atoms with Crippen molar-refractivity contribution in [3.63, 3.8) is 0 Å². The fraction of sp³-hybridized carbons (Fsp3) is 0.364. The van der Waals surface area contributed by atoms with E-state index in [9.17, 15) is 14.0 Å². The lowest BCUT2D eigenvalue weighted by Crippen LogP contribution is -2.37. The van der Waals surface area contributed by atoms with Gasteiger partial charge < -0.3 is 15.0 Å². The summed E-state index contributed by atoms with van der Waals surface area (Å²) >= 11 is 1.68. The average molecular weight is 443 g/mol. The van der Waals surface area contributed by atoms with Crippen LogP contribution >= 0.6 is 11.3 Å².